The molecule has 0 bridgehead atoms. The van der Waals surface area contributed by atoms with Crippen LogP contribution in [0.15, 0.2) is 42.5 Å². The molecular formula is C23H29N3O3. The van der Waals surface area contributed by atoms with E-state index >= 15 is 0 Å². The number of benzene rings is 2. The van der Waals surface area contributed by atoms with Gasteiger partial charge in [0.15, 0.2) is 6.61 Å². The van der Waals surface area contributed by atoms with Gasteiger partial charge in [0, 0.05) is 26.1 Å². The molecule has 1 aromatic heterocycles. The van der Waals surface area contributed by atoms with Crippen molar-refractivity contribution in [3.05, 3.63) is 59.4 Å². The van der Waals surface area contributed by atoms with Crippen LogP contribution in [0.5, 0.6) is 5.75 Å². The highest BCUT2D eigenvalue weighted by Gasteiger charge is 2.11. The van der Waals surface area contributed by atoms with Gasteiger partial charge in [-0.25, -0.2) is 4.98 Å². The zero-order valence-corrected chi connectivity index (χ0v) is 17.4. The summed E-state index contributed by atoms with van der Waals surface area (Å²) in [5.41, 5.74) is 4.18. The summed E-state index contributed by atoms with van der Waals surface area (Å²) in [6.45, 7) is 8.55. The minimum Gasteiger partial charge on any atom is -0.483 e. The van der Waals surface area contributed by atoms with Gasteiger partial charge in [-0.2, -0.15) is 0 Å². The number of hydrogen-bond acceptors (Lipinski definition) is 4. The summed E-state index contributed by atoms with van der Waals surface area (Å²) in [7, 11) is 0. The first-order chi connectivity index (χ1) is 14.1. The maximum Gasteiger partial charge on any atom is 0.257 e. The Bertz CT molecular complexity index is 965. The number of imidazole rings is 1. The van der Waals surface area contributed by atoms with Crippen molar-refractivity contribution in [2.24, 2.45) is 0 Å². The van der Waals surface area contributed by atoms with Gasteiger partial charge < -0.3 is 19.4 Å². The number of nitrogens with one attached hydrogen (secondary N) is 1. The van der Waals surface area contributed by atoms with E-state index in [1.165, 1.54) is 0 Å². The van der Waals surface area contributed by atoms with Crippen molar-refractivity contribution < 1.29 is 14.3 Å². The molecule has 0 aliphatic rings. The first-order valence-corrected chi connectivity index (χ1v) is 10.1. The third-order valence-electron chi connectivity index (χ3n) is 4.77. The smallest absolute Gasteiger partial charge is 0.257 e. The molecule has 154 valence electrons. The van der Waals surface area contributed by atoms with Crippen molar-refractivity contribution >= 4 is 16.9 Å². The lowest BCUT2D eigenvalue weighted by Crippen LogP contribution is -2.31. The lowest BCUT2D eigenvalue weighted by molar-refractivity contribution is -0.123. The maximum atomic E-state index is 12.2. The summed E-state index contributed by atoms with van der Waals surface area (Å²) in [5.74, 6) is 1.56. The van der Waals surface area contributed by atoms with Crippen LogP contribution in [0.3, 0.4) is 0 Å². The predicted molar refractivity (Wildman–Crippen MR) is 114 cm³/mol. The van der Waals surface area contributed by atoms with Crippen LogP contribution >= 0.6 is 0 Å². The van der Waals surface area contributed by atoms with E-state index in [1.807, 2.05) is 57.2 Å². The van der Waals surface area contributed by atoms with Gasteiger partial charge in [-0.05, 0) is 50.1 Å². The van der Waals surface area contributed by atoms with E-state index in [0.29, 0.717) is 26.2 Å². The van der Waals surface area contributed by atoms with Crippen molar-refractivity contribution in [1.29, 1.82) is 0 Å². The van der Waals surface area contributed by atoms with Gasteiger partial charge in [0.25, 0.3) is 5.91 Å². The normalized spacial score (nSPS) is 11.0. The van der Waals surface area contributed by atoms with Crippen LogP contribution in [-0.4, -0.2) is 41.8 Å². The molecule has 0 saturated heterocycles. The van der Waals surface area contributed by atoms with E-state index < -0.39 is 0 Å². The quantitative estimate of drug-likeness (QED) is 0.534. The standard InChI is InChI=1S/C23H29N3O3/c1-4-28-14-13-26-20-8-6-5-7-19(20)25-22(26)11-12-24-23(27)16-29-21-15-17(2)9-10-18(21)3/h5-10,15H,4,11-14,16H2,1-3H3,(H,24,27). The number of aromatic nitrogens is 2. The Kier molecular flexibility index (Phi) is 7.25. The van der Waals surface area contributed by atoms with E-state index in [4.69, 9.17) is 14.5 Å². The maximum absolute atomic E-state index is 12.2. The number of rotatable bonds is 10. The Balaban J connectivity index is 1.55. The molecule has 2 aromatic carbocycles. The van der Waals surface area contributed by atoms with E-state index in [9.17, 15) is 4.79 Å². The van der Waals surface area contributed by atoms with Crippen LogP contribution < -0.4 is 10.1 Å². The minimum atomic E-state index is -0.136. The van der Waals surface area contributed by atoms with Gasteiger partial charge in [-0.1, -0.05) is 24.3 Å². The second-order valence-corrected chi connectivity index (χ2v) is 7.02. The highest BCUT2D eigenvalue weighted by Crippen LogP contribution is 2.19. The van der Waals surface area contributed by atoms with Crippen molar-refractivity contribution in [1.82, 2.24) is 14.9 Å². The average molecular weight is 396 g/mol. The van der Waals surface area contributed by atoms with Gasteiger partial charge in [0.2, 0.25) is 0 Å². The Morgan fingerprint density at radius 3 is 2.83 bits per heavy atom. The summed E-state index contributed by atoms with van der Waals surface area (Å²) in [6, 6.07) is 14.0. The first kappa shape index (κ1) is 20.9. The monoisotopic (exact) mass is 395 g/mol. The highest BCUT2D eigenvalue weighted by atomic mass is 16.5. The summed E-state index contributed by atoms with van der Waals surface area (Å²) in [5, 5.41) is 2.93. The minimum absolute atomic E-state index is 0.00501. The number of aryl methyl sites for hydroxylation is 2. The van der Waals surface area contributed by atoms with Crippen molar-refractivity contribution in [3.63, 3.8) is 0 Å². The van der Waals surface area contributed by atoms with Crippen LogP contribution in [0.4, 0.5) is 0 Å². The Hall–Kier alpha value is -2.86. The van der Waals surface area contributed by atoms with Crippen LogP contribution in [-0.2, 0) is 22.5 Å². The van der Waals surface area contributed by atoms with Gasteiger partial charge in [-0.3, -0.25) is 4.79 Å². The fraction of sp³-hybridized carbons (Fsp3) is 0.391. The van der Waals surface area contributed by atoms with Gasteiger partial charge in [0.05, 0.1) is 17.6 Å². The largest absolute Gasteiger partial charge is 0.483 e. The molecule has 0 saturated carbocycles. The number of hydrogen-bond donors (Lipinski definition) is 1. The molecule has 0 aliphatic heterocycles. The number of carbonyl (C=O) groups is 1. The molecule has 29 heavy (non-hydrogen) atoms. The van der Waals surface area contributed by atoms with Crippen LogP contribution in [0, 0.1) is 13.8 Å². The number of ether oxygens (including phenoxy) is 2. The lowest BCUT2D eigenvalue weighted by Gasteiger charge is -2.11. The second-order valence-electron chi connectivity index (χ2n) is 7.02. The van der Waals surface area contributed by atoms with Crippen LogP contribution in [0.1, 0.15) is 23.9 Å². The fourth-order valence-corrected chi connectivity index (χ4v) is 3.24. The molecular weight excluding hydrogens is 366 g/mol. The van der Waals surface area contributed by atoms with Gasteiger partial charge in [0.1, 0.15) is 11.6 Å². The van der Waals surface area contributed by atoms with Gasteiger partial charge >= 0.3 is 0 Å². The average Bonchev–Trinajstić information content (AvgIpc) is 3.06. The number of carbonyl (C=O) groups excluding carboxylic acids is 1. The molecule has 0 unspecified atom stereocenters. The Morgan fingerprint density at radius 1 is 1.17 bits per heavy atom. The molecule has 0 aliphatic carbocycles. The number of amides is 1. The van der Waals surface area contributed by atoms with Crippen molar-refractivity contribution in [3.8, 4) is 5.75 Å². The van der Waals surface area contributed by atoms with E-state index in [2.05, 4.69) is 16.0 Å². The number of nitrogens with zero attached hydrogens (tertiary/aromatic N) is 2. The fourth-order valence-electron chi connectivity index (χ4n) is 3.24. The van der Waals surface area contributed by atoms with E-state index in [0.717, 1.165) is 40.3 Å². The molecule has 1 N–H and O–H groups in total. The molecule has 0 spiro atoms. The summed E-state index contributed by atoms with van der Waals surface area (Å²) in [4.78, 5) is 16.9. The predicted octanol–water partition coefficient (Wildman–Crippen LogP) is 3.43. The molecule has 1 heterocycles. The topological polar surface area (TPSA) is 65.4 Å². The SMILES string of the molecule is CCOCCn1c(CCNC(=O)COc2cc(C)ccc2C)nc2ccccc21. The van der Waals surface area contributed by atoms with Crippen molar-refractivity contribution in [2.45, 2.75) is 33.7 Å². The summed E-state index contributed by atoms with van der Waals surface area (Å²) < 4.78 is 13.4. The van der Waals surface area contributed by atoms with Crippen molar-refractivity contribution in [2.75, 3.05) is 26.4 Å². The molecule has 6 heteroatoms. The summed E-state index contributed by atoms with van der Waals surface area (Å²) >= 11 is 0. The number of fused-ring (bicyclic) bond motifs is 1. The van der Waals surface area contributed by atoms with E-state index in [1.54, 1.807) is 0 Å². The summed E-state index contributed by atoms with van der Waals surface area (Å²) in [6.07, 6.45) is 0.649. The molecule has 0 fully saturated rings. The van der Waals surface area contributed by atoms with Crippen LogP contribution in [0.2, 0.25) is 0 Å². The molecule has 0 atom stereocenters. The molecule has 3 aromatic rings. The third-order valence-corrected chi connectivity index (χ3v) is 4.77. The lowest BCUT2D eigenvalue weighted by atomic mass is 10.1. The molecule has 3 rings (SSSR count). The molecule has 0 radical (unpaired) electrons. The third kappa shape index (κ3) is 5.57. The van der Waals surface area contributed by atoms with Crippen LogP contribution in [0.25, 0.3) is 11.0 Å². The van der Waals surface area contributed by atoms with Gasteiger partial charge in [-0.15, -0.1) is 0 Å². The second kappa shape index (κ2) is 10.1. The zero-order valence-electron chi connectivity index (χ0n) is 17.4. The number of para-hydroxylation sites is 2. The zero-order chi connectivity index (χ0) is 20.6. The Labute approximate surface area is 171 Å². The Morgan fingerprint density at radius 2 is 2.00 bits per heavy atom. The molecule has 1 amide bonds. The highest BCUT2D eigenvalue weighted by molar-refractivity contribution is 5.78. The first-order valence-electron chi connectivity index (χ1n) is 10.1. The van der Waals surface area contributed by atoms with E-state index in [-0.39, 0.29) is 12.5 Å². The molecule has 6 nitrogen and oxygen atoms in total.